The van der Waals surface area contributed by atoms with E-state index in [0.717, 1.165) is 26.7 Å². The molecule has 0 aliphatic carbocycles. The molecule has 1 aromatic carbocycles. The van der Waals surface area contributed by atoms with Crippen LogP contribution in [-0.4, -0.2) is 12.1 Å². The van der Waals surface area contributed by atoms with Gasteiger partial charge in [-0.25, -0.2) is 4.98 Å². The fourth-order valence-electron chi connectivity index (χ4n) is 1.87. The summed E-state index contributed by atoms with van der Waals surface area (Å²) in [5, 5.41) is 1.55. The Labute approximate surface area is 120 Å². The molecule has 0 aliphatic rings. The normalized spacial score (nSPS) is 11.9. The van der Waals surface area contributed by atoms with E-state index in [4.69, 9.17) is 16.3 Å². The van der Waals surface area contributed by atoms with Crippen molar-refractivity contribution in [2.75, 3.05) is 7.11 Å². The van der Waals surface area contributed by atoms with Crippen LogP contribution in [0.25, 0.3) is 10.9 Å². The van der Waals surface area contributed by atoms with Gasteiger partial charge < -0.3 is 4.74 Å². The van der Waals surface area contributed by atoms with Crippen LogP contribution >= 0.6 is 27.5 Å². The molecule has 0 N–H and O–H groups in total. The SMILES string of the molecule is COc1ccc(Br)c2cc(C(C)(C)C)c(Cl)nc12. The Morgan fingerprint density at radius 3 is 2.50 bits per heavy atom. The summed E-state index contributed by atoms with van der Waals surface area (Å²) < 4.78 is 6.31. The van der Waals surface area contributed by atoms with Crippen molar-refractivity contribution in [1.29, 1.82) is 0 Å². The highest BCUT2D eigenvalue weighted by Gasteiger charge is 2.20. The van der Waals surface area contributed by atoms with E-state index < -0.39 is 0 Å². The van der Waals surface area contributed by atoms with Crippen molar-refractivity contribution in [3.05, 3.63) is 33.4 Å². The number of ether oxygens (including phenoxy) is 1. The number of rotatable bonds is 1. The molecule has 0 saturated carbocycles. The monoisotopic (exact) mass is 327 g/mol. The lowest BCUT2D eigenvalue weighted by Gasteiger charge is -2.21. The molecule has 0 saturated heterocycles. The summed E-state index contributed by atoms with van der Waals surface area (Å²) >= 11 is 9.83. The first-order valence-electron chi connectivity index (χ1n) is 5.68. The van der Waals surface area contributed by atoms with Gasteiger partial charge in [0.25, 0.3) is 0 Å². The molecule has 0 fully saturated rings. The van der Waals surface area contributed by atoms with Crippen LogP contribution in [0.4, 0.5) is 0 Å². The number of halogens is 2. The lowest BCUT2D eigenvalue weighted by molar-refractivity contribution is 0.419. The summed E-state index contributed by atoms with van der Waals surface area (Å²) in [5.74, 6) is 0.732. The van der Waals surface area contributed by atoms with Crippen LogP contribution in [0, 0.1) is 0 Å². The van der Waals surface area contributed by atoms with Crippen LogP contribution in [0.15, 0.2) is 22.7 Å². The second kappa shape index (κ2) is 4.71. The van der Waals surface area contributed by atoms with Gasteiger partial charge >= 0.3 is 0 Å². The Kier molecular flexibility index (Phi) is 3.56. The Balaban J connectivity index is 2.83. The topological polar surface area (TPSA) is 22.1 Å². The van der Waals surface area contributed by atoms with Gasteiger partial charge in [0.05, 0.1) is 7.11 Å². The third-order valence-electron chi connectivity index (χ3n) is 2.88. The van der Waals surface area contributed by atoms with E-state index in [1.165, 1.54) is 0 Å². The van der Waals surface area contributed by atoms with Gasteiger partial charge in [0.2, 0.25) is 0 Å². The fraction of sp³-hybridized carbons (Fsp3) is 0.357. The maximum Gasteiger partial charge on any atom is 0.145 e. The number of aromatic nitrogens is 1. The third-order valence-corrected chi connectivity index (χ3v) is 3.86. The molecule has 0 aliphatic heterocycles. The highest BCUT2D eigenvalue weighted by molar-refractivity contribution is 9.10. The van der Waals surface area contributed by atoms with Crippen LogP contribution in [0.1, 0.15) is 26.3 Å². The first-order valence-corrected chi connectivity index (χ1v) is 6.85. The summed E-state index contributed by atoms with van der Waals surface area (Å²) in [6.45, 7) is 6.36. The van der Waals surface area contributed by atoms with Gasteiger partial charge in [-0.15, -0.1) is 0 Å². The molecule has 0 atom stereocenters. The van der Waals surface area contributed by atoms with Crippen molar-refractivity contribution >= 4 is 38.4 Å². The quantitative estimate of drug-likeness (QED) is 0.690. The summed E-state index contributed by atoms with van der Waals surface area (Å²) in [6, 6.07) is 5.92. The maximum absolute atomic E-state index is 6.29. The molecular formula is C14H15BrClNO. The molecule has 0 spiro atoms. The highest BCUT2D eigenvalue weighted by atomic mass is 79.9. The van der Waals surface area contributed by atoms with Crippen molar-refractivity contribution < 1.29 is 4.74 Å². The summed E-state index contributed by atoms with van der Waals surface area (Å²) in [7, 11) is 1.63. The summed E-state index contributed by atoms with van der Waals surface area (Å²) in [6.07, 6.45) is 0. The number of hydrogen-bond acceptors (Lipinski definition) is 2. The Hall–Kier alpha value is -0.800. The van der Waals surface area contributed by atoms with Crippen LogP contribution in [0.5, 0.6) is 5.75 Å². The largest absolute Gasteiger partial charge is 0.494 e. The molecule has 2 aromatic rings. The standard InChI is InChI=1S/C14H15BrClNO/c1-14(2,3)9-7-8-10(15)5-6-11(18-4)12(8)17-13(9)16/h5-7H,1-4H3. The van der Waals surface area contributed by atoms with E-state index in [1.807, 2.05) is 12.1 Å². The second-order valence-electron chi connectivity index (χ2n) is 5.22. The number of benzene rings is 1. The van der Waals surface area contributed by atoms with Gasteiger partial charge in [-0.2, -0.15) is 0 Å². The molecule has 96 valence electrons. The van der Waals surface area contributed by atoms with Crippen molar-refractivity contribution in [3.63, 3.8) is 0 Å². The van der Waals surface area contributed by atoms with Gasteiger partial charge in [-0.3, -0.25) is 0 Å². The molecule has 0 bridgehead atoms. The fourth-order valence-corrected chi connectivity index (χ4v) is 2.73. The van der Waals surface area contributed by atoms with Crippen LogP contribution in [0.2, 0.25) is 5.15 Å². The Bertz CT molecular complexity index is 605. The average Bonchev–Trinajstić information content (AvgIpc) is 2.27. The molecule has 1 heterocycles. The zero-order valence-electron chi connectivity index (χ0n) is 10.8. The molecule has 1 aromatic heterocycles. The molecule has 18 heavy (non-hydrogen) atoms. The van der Waals surface area contributed by atoms with Gasteiger partial charge in [0, 0.05) is 9.86 Å². The molecule has 0 amide bonds. The third kappa shape index (κ3) is 2.34. The number of pyridine rings is 1. The Morgan fingerprint density at radius 2 is 1.94 bits per heavy atom. The molecule has 2 rings (SSSR count). The molecular weight excluding hydrogens is 314 g/mol. The van der Waals surface area contributed by atoms with Crippen molar-refractivity contribution in [3.8, 4) is 5.75 Å². The van der Waals surface area contributed by atoms with Gasteiger partial charge in [-0.1, -0.05) is 48.3 Å². The van der Waals surface area contributed by atoms with Crippen LogP contribution in [-0.2, 0) is 5.41 Å². The van der Waals surface area contributed by atoms with Gasteiger partial charge in [-0.05, 0) is 29.2 Å². The van der Waals surface area contributed by atoms with E-state index >= 15 is 0 Å². The summed E-state index contributed by atoms with van der Waals surface area (Å²) in [5.41, 5.74) is 1.77. The minimum Gasteiger partial charge on any atom is -0.494 e. The van der Waals surface area contributed by atoms with Crippen molar-refractivity contribution in [2.45, 2.75) is 26.2 Å². The van der Waals surface area contributed by atoms with Gasteiger partial charge in [0.1, 0.15) is 16.4 Å². The predicted octanol–water partition coefficient (Wildman–Crippen LogP) is 4.96. The molecule has 0 unspecified atom stereocenters. The molecule has 4 heteroatoms. The molecule has 2 nitrogen and oxygen atoms in total. The minimum atomic E-state index is -0.0409. The van der Waals surface area contributed by atoms with E-state index in [0.29, 0.717) is 5.15 Å². The zero-order chi connectivity index (χ0) is 13.5. The molecule has 0 radical (unpaired) electrons. The highest BCUT2D eigenvalue weighted by Crippen LogP contribution is 2.36. The van der Waals surface area contributed by atoms with E-state index in [2.05, 4.69) is 47.8 Å². The maximum atomic E-state index is 6.29. The number of nitrogens with zero attached hydrogens (tertiary/aromatic N) is 1. The van der Waals surface area contributed by atoms with Crippen LogP contribution < -0.4 is 4.74 Å². The van der Waals surface area contributed by atoms with Crippen molar-refractivity contribution in [1.82, 2.24) is 4.98 Å². The lowest BCUT2D eigenvalue weighted by atomic mass is 9.87. The number of fused-ring (bicyclic) bond motifs is 1. The lowest BCUT2D eigenvalue weighted by Crippen LogP contribution is -2.12. The van der Waals surface area contributed by atoms with Gasteiger partial charge in [0.15, 0.2) is 0 Å². The van der Waals surface area contributed by atoms with E-state index in [9.17, 15) is 0 Å². The zero-order valence-corrected chi connectivity index (χ0v) is 13.2. The van der Waals surface area contributed by atoms with E-state index in [-0.39, 0.29) is 5.41 Å². The minimum absolute atomic E-state index is 0.0409. The number of hydrogen-bond donors (Lipinski definition) is 0. The first kappa shape index (κ1) is 13.6. The average molecular weight is 329 g/mol. The second-order valence-corrected chi connectivity index (χ2v) is 6.43. The smallest absolute Gasteiger partial charge is 0.145 e. The Morgan fingerprint density at radius 1 is 1.28 bits per heavy atom. The predicted molar refractivity (Wildman–Crippen MR) is 79.7 cm³/mol. The first-order chi connectivity index (χ1) is 8.34. The van der Waals surface area contributed by atoms with Crippen LogP contribution in [0.3, 0.4) is 0 Å². The van der Waals surface area contributed by atoms with E-state index in [1.54, 1.807) is 7.11 Å². The summed E-state index contributed by atoms with van der Waals surface area (Å²) in [4.78, 5) is 4.48. The number of methoxy groups -OCH3 is 1. The van der Waals surface area contributed by atoms with Crippen molar-refractivity contribution in [2.24, 2.45) is 0 Å².